The maximum atomic E-state index is 2.36. The fourth-order valence-corrected chi connectivity index (χ4v) is 4.72. The second-order valence-electron chi connectivity index (χ2n) is 9.72. The summed E-state index contributed by atoms with van der Waals surface area (Å²) < 4.78 is 0. The summed E-state index contributed by atoms with van der Waals surface area (Å²) in [5.74, 6) is 0. The van der Waals surface area contributed by atoms with Gasteiger partial charge in [0.1, 0.15) is 0 Å². The number of benzene rings is 4. The molecular weight excluding hydrogens is 396 g/mol. The summed E-state index contributed by atoms with van der Waals surface area (Å²) in [5.41, 5.74) is 13.0. The summed E-state index contributed by atoms with van der Waals surface area (Å²) in [6.45, 7) is 8.94. The molecule has 0 heterocycles. The van der Waals surface area contributed by atoms with Gasteiger partial charge in [-0.2, -0.15) is 0 Å². The average molecular weight is 427 g/mol. The van der Waals surface area contributed by atoms with Gasteiger partial charge in [0, 0.05) is 5.41 Å². The van der Waals surface area contributed by atoms with Crippen molar-refractivity contribution in [2.75, 3.05) is 0 Å². The number of rotatable bonds is 4. The van der Waals surface area contributed by atoms with Crippen molar-refractivity contribution in [3.05, 3.63) is 129 Å². The third-order valence-corrected chi connectivity index (χ3v) is 6.82. The molecule has 0 unspecified atom stereocenters. The van der Waals surface area contributed by atoms with Gasteiger partial charge in [0.2, 0.25) is 0 Å². The molecule has 4 aromatic carbocycles. The number of hydrogen-bond donors (Lipinski definition) is 0. The number of hydrogen-bond acceptors (Lipinski definition) is 0. The van der Waals surface area contributed by atoms with E-state index in [0.717, 1.165) is 0 Å². The fourth-order valence-electron chi connectivity index (χ4n) is 4.72. The van der Waals surface area contributed by atoms with Crippen molar-refractivity contribution in [2.45, 2.75) is 33.1 Å². The second-order valence-corrected chi connectivity index (χ2v) is 9.72. The van der Waals surface area contributed by atoms with E-state index in [1.807, 2.05) is 0 Å². The van der Waals surface area contributed by atoms with Crippen LogP contribution in [0.2, 0.25) is 0 Å². The van der Waals surface area contributed by atoms with Gasteiger partial charge in [-0.1, -0.05) is 134 Å². The lowest BCUT2D eigenvalue weighted by atomic mass is 9.81. The first kappa shape index (κ1) is 21.2. The first-order valence-corrected chi connectivity index (χ1v) is 11.7. The van der Waals surface area contributed by atoms with E-state index in [2.05, 4.69) is 137 Å². The molecule has 162 valence electrons. The quantitative estimate of drug-likeness (QED) is 0.286. The van der Waals surface area contributed by atoms with E-state index in [-0.39, 0.29) is 5.41 Å². The molecule has 0 spiro atoms. The SMILES string of the molecule is Cc1ccc(/C=C/c2ccc3c(c2)C(C)(C)c2cc(/C=C/c4ccc(C)cc4)ccc2-3)cc1. The lowest BCUT2D eigenvalue weighted by Crippen LogP contribution is -2.15. The predicted molar refractivity (Wildman–Crippen MR) is 144 cm³/mol. The lowest BCUT2D eigenvalue weighted by molar-refractivity contribution is 0.660. The Morgan fingerprint density at radius 3 is 1.18 bits per heavy atom. The Labute approximate surface area is 198 Å². The van der Waals surface area contributed by atoms with Gasteiger partial charge in [-0.3, -0.25) is 0 Å². The summed E-state index contributed by atoms with van der Waals surface area (Å²) in [7, 11) is 0. The zero-order valence-electron chi connectivity index (χ0n) is 19.9. The van der Waals surface area contributed by atoms with Crippen LogP contribution in [0.25, 0.3) is 35.4 Å². The third-order valence-electron chi connectivity index (χ3n) is 6.82. The molecule has 0 aliphatic heterocycles. The van der Waals surface area contributed by atoms with Crippen molar-refractivity contribution in [3.63, 3.8) is 0 Å². The van der Waals surface area contributed by atoms with Gasteiger partial charge in [0.05, 0.1) is 0 Å². The van der Waals surface area contributed by atoms with Crippen LogP contribution in [0.15, 0.2) is 84.9 Å². The fraction of sp³-hybridized carbons (Fsp3) is 0.152. The van der Waals surface area contributed by atoms with Crippen molar-refractivity contribution in [2.24, 2.45) is 0 Å². The minimum absolute atomic E-state index is 0.0217. The van der Waals surface area contributed by atoms with Crippen molar-refractivity contribution >= 4 is 24.3 Å². The molecule has 0 atom stereocenters. The maximum Gasteiger partial charge on any atom is 0.0159 e. The highest BCUT2D eigenvalue weighted by Gasteiger charge is 2.35. The molecule has 0 radical (unpaired) electrons. The van der Waals surface area contributed by atoms with E-state index in [0.29, 0.717) is 0 Å². The highest BCUT2D eigenvalue weighted by Crippen LogP contribution is 2.49. The average Bonchev–Trinajstić information content (AvgIpc) is 3.04. The van der Waals surface area contributed by atoms with Crippen LogP contribution in [0.4, 0.5) is 0 Å². The molecule has 0 heteroatoms. The molecule has 0 bridgehead atoms. The summed E-state index contributed by atoms with van der Waals surface area (Å²) in [5, 5.41) is 0. The highest BCUT2D eigenvalue weighted by molar-refractivity contribution is 5.84. The van der Waals surface area contributed by atoms with Crippen molar-refractivity contribution in [1.82, 2.24) is 0 Å². The van der Waals surface area contributed by atoms with Gasteiger partial charge in [-0.15, -0.1) is 0 Å². The molecule has 1 aliphatic rings. The Morgan fingerprint density at radius 1 is 0.455 bits per heavy atom. The second kappa shape index (κ2) is 8.37. The molecule has 0 nitrogen and oxygen atoms in total. The van der Waals surface area contributed by atoms with Gasteiger partial charge >= 0.3 is 0 Å². The van der Waals surface area contributed by atoms with Crippen LogP contribution in [-0.2, 0) is 5.41 Å². The summed E-state index contributed by atoms with van der Waals surface area (Å²) in [4.78, 5) is 0. The molecule has 33 heavy (non-hydrogen) atoms. The molecular formula is C33H30. The van der Waals surface area contributed by atoms with Crippen LogP contribution in [0.1, 0.15) is 58.4 Å². The van der Waals surface area contributed by atoms with Crippen LogP contribution in [0, 0.1) is 13.8 Å². The largest absolute Gasteiger partial charge is 0.0587 e. The van der Waals surface area contributed by atoms with Gasteiger partial charge in [-0.25, -0.2) is 0 Å². The standard InChI is InChI=1S/C33H30/c1-23-5-9-25(10-6-23)13-15-27-17-19-29-30-20-18-28(16-14-26-11-7-24(2)8-12-26)22-32(30)33(3,4)31(29)21-27/h5-22H,1-4H3/b15-13+,16-14+. The van der Waals surface area contributed by atoms with Gasteiger partial charge in [0.25, 0.3) is 0 Å². The van der Waals surface area contributed by atoms with Crippen LogP contribution in [0.5, 0.6) is 0 Å². The van der Waals surface area contributed by atoms with E-state index >= 15 is 0 Å². The molecule has 0 saturated carbocycles. The van der Waals surface area contributed by atoms with Crippen molar-refractivity contribution in [1.29, 1.82) is 0 Å². The maximum absolute atomic E-state index is 2.36. The Morgan fingerprint density at radius 2 is 0.788 bits per heavy atom. The molecule has 4 aromatic rings. The smallest absolute Gasteiger partial charge is 0.0159 e. The first-order valence-electron chi connectivity index (χ1n) is 11.7. The topological polar surface area (TPSA) is 0 Å². The van der Waals surface area contributed by atoms with Crippen LogP contribution < -0.4 is 0 Å². The monoisotopic (exact) mass is 426 g/mol. The van der Waals surface area contributed by atoms with Crippen LogP contribution in [0.3, 0.4) is 0 Å². The van der Waals surface area contributed by atoms with Crippen LogP contribution in [-0.4, -0.2) is 0 Å². The molecule has 0 aromatic heterocycles. The van der Waals surface area contributed by atoms with E-state index < -0.39 is 0 Å². The normalized spacial score (nSPS) is 14.1. The molecule has 0 N–H and O–H groups in total. The van der Waals surface area contributed by atoms with Crippen molar-refractivity contribution < 1.29 is 0 Å². The Kier molecular flexibility index (Phi) is 5.38. The zero-order chi connectivity index (χ0) is 23.0. The zero-order valence-corrected chi connectivity index (χ0v) is 19.9. The van der Waals surface area contributed by atoms with Gasteiger partial charge < -0.3 is 0 Å². The first-order chi connectivity index (χ1) is 15.9. The summed E-state index contributed by atoms with van der Waals surface area (Å²) >= 11 is 0. The third kappa shape index (κ3) is 4.22. The predicted octanol–water partition coefficient (Wildman–Crippen LogP) is 8.95. The molecule has 0 saturated heterocycles. The summed E-state index contributed by atoms with van der Waals surface area (Å²) in [6.07, 6.45) is 8.84. The van der Waals surface area contributed by atoms with E-state index in [1.54, 1.807) is 0 Å². The Hall–Kier alpha value is -3.64. The minimum atomic E-state index is -0.0217. The number of fused-ring (bicyclic) bond motifs is 3. The van der Waals surface area contributed by atoms with Crippen LogP contribution >= 0.6 is 0 Å². The number of aryl methyl sites for hydroxylation is 2. The lowest BCUT2D eigenvalue weighted by Gasteiger charge is -2.22. The van der Waals surface area contributed by atoms with E-state index in [1.165, 1.54) is 55.6 Å². The minimum Gasteiger partial charge on any atom is -0.0587 e. The van der Waals surface area contributed by atoms with Gasteiger partial charge in [0.15, 0.2) is 0 Å². The molecule has 0 fully saturated rings. The van der Waals surface area contributed by atoms with E-state index in [9.17, 15) is 0 Å². The van der Waals surface area contributed by atoms with Gasteiger partial charge in [-0.05, 0) is 58.4 Å². The van der Waals surface area contributed by atoms with Crippen molar-refractivity contribution in [3.8, 4) is 11.1 Å². The summed E-state index contributed by atoms with van der Waals surface area (Å²) in [6, 6.07) is 31.1. The molecule has 5 rings (SSSR count). The Bertz CT molecular complexity index is 1250. The molecule has 0 amide bonds. The highest BCUT2D eigenvalue weighted by atomic mass is 14.4. The molecule has 1 aliphatic carbocycles. The Balaban J connectivity index is 1.44. The van der Waals surface area contributed by atoms with E-state index in [4.69, 9.17) is 0 Å².